The van der Waals surface area contributed by atoms with Crippen LogP contribution in [0.25, 0.3) is 0 Å². The Labute approximate surface area is 95.0 Å². The predicted octanol–water partition coefficient (Wildman–Crippen LogP) is 2.39. The Bertz CT molecular complexity index is 216. The van der Waals surface area contributed by atoms with Crippen LogP contribution in [0.1, 0.15) is 33.1 Å². The van der Waals surface area contributed by atoms with Crippen molar-refractivity contribution in [2.75, 3.05) is 13.1 Å². The zero-order chi connectivity index (χ0) is 12.3. The van der Waals surface area contributed by atoms with E-state index >= 15 is 0 Å². The van der Waals surface area contributed by atoms with E-state index in [0.717, 1.165) is 19.3 Å². The molecule has 0 spiro atoms. The monoisotopic (exact) mass is 238 g/mol. The van der Waals surface area contributed by atoms with Gasteiger partial charge in [-0.3, -0.25) is 4.90 Å². The van der Waals surface area contributed by atoms with E-state index in [-0.39, 0.29) is 0 Å². The number of hydrogen-bond donors (Lipinski definition) is 1. The van der Waals surface area contributed by atoms with Crippen molar-refractivity contribution in [3.8, 4) is 0 Å². The number of likely N-dealkylation sites (tertiary alicyclic amines) is 1. The lowest BCUT2D eigenvalue weighted by molar-refractivity contribution is -0.185. The van der Waals surface area contributed by atoms with Crippen molar-refractivity contribution in [1.29, 1.82) is 0 Å². The second-order valence-corrected chi connectivity index (χ2v) is 4.78. The fourth-order valence-corrected chi connectivity index (χ4v) is 2.60. The van der Waals surface area contributed by atoms with Gasteiger partial charge in [0.25, 0.3) is 0 Å². The number of nitrogens with two attached hydrogens (primary N) is 1. The van der Waals surface area contributed by atoms with Crippen molar-refractivity contribution < 1.29 is 13.2 Å². The smallest absolute Gasteiger partial charge is 0.326 e. The summed E-state index contributed by atoms with van der Waals surface area (Å²) in [5.41, 5.74) is 5.46. The molecule has 96 valence electrons. The van der Waals surface area contributed by atoms with Gasteiger partial charge in [-0.05, 0) is 32.2 Å². The minimum Gasteiger partial charge on any atom is -0.326 e. The van der Waals surface area contributed by atoms with E-state index in [1.807, 2.05) is 0 Å². The molecule has 0 radical (unpaired) electrons. The summed E-state index contributed by atoms with van der Waals surface area (Å²) < 4.78 is 38.4. The lowest BCUT2D eigenvalue weighted by Gasteiger charge is -2.32. The van der Waals surface area contributed by atoms with E-state index in [9.17, 15) is 13.2 Å². The molecular weight excluding hydrogens is 217 g/mol. The second kappa shape index (κ2) is 5.36. The first kappa shape index (κ1) is 13.8. The molecular formula is C11H21F3N2. The van der Waals surface area contributed by atoms with Crippen molar-refractivity contribution in [1.82, 2.24) is 4.90 Å². The summed E-state index contributed by atoms with van der Waals surface area (Å²) in [6.45, 7) is 4.57. The largest absolute Gasteiger partial charge is 0.405 e. The minimum absolute atomic E-state index is 0.411. The van der Waals surface area contributed by atoms with Crippen LogP contribution < -0.4 is 5.73 Å². The molecule has 0 aromatic rings. The number of halogens is 3. The molecule has 1 aliphatic rings. The average Bonchev–Trinajstić information content (AvgIpc) is 2.50. The van der Waals surface area contributed by atoms with Crippen LogP contribution in [0.4, 0.5) is 13.2 Å². The summed E-state index contributed by atoms with van der Waals surface area (Å²) >= 11 is 0. The van der Waals surface area contributed by atoms with E-state index in [4.69, 9.17) is 5.73 Å². The first-order chi connectivity index (χ1) is 7.36. The summed E-state index contributed by atoms with van der Waals surface area (Å²) in [5.74, 6) is 0.411. The van der Waals surface area contributed by atoms with Crippen molar-refractivity contribution >= 4 is 0 Å². The highest BCUT2D eigenvalue weighted by Crippen LogP contribution is 2.31. The molecule has 3 unspecified atom stereocenters. The zero-order valence-electron chi connectivity index (χ0n) is 9.93. The van der Waals surface area contributed by atoms with E-state index in [0.29, 0.717) is 19.0 Å². The zero-order valence-corrected chi connectivity index (χ0v) is 9.93. The Morgan fingerprint density at radius 2 is 2.06 bits per heavy atom. The molecule has 0 aliphatic carbocycles. The van der Waals surface area contributed by atoms with Gasteiger partial charge < -0.3 is 5.73 Å². The van der Waals surface area contributed by atoms with E-state index in [1.165, 1.54) is 11.8 Å². The fraction of sp³-hybridized carbons (Fsp3) is 1.00. The molecule has 1 heterocycles. The highest BCUT2D eigenvalue weighted by molar-refractivity contribution is 4.90. The molecule has 5 heteroatoms. The number of rotatable bonds is 4. The number of nitrogens with zero attached hydrogens (tertiary/aromatic N) is 1. The topological polar surface area (TPSA) is 29.3 Å². The van der Waals surface area contributed by atoms with Gasteiger partial charge in [0.1, 0.15) is 6.04 Å². The third-order valence-electron chi connectivity index (χ3n) is 3.24. The maximum atomic E-state index is 12.8. The Balaban J connectivity index is 2.61. The standard InChI is InChI=1S/C11H21F3N2/c1-3-4-9-5-6-16(7-9)10(8(2)15)11(12,13)14/h8-10H,3-7,15H2,1-2H3. The second-order valence-electron chi connectivity index (χ2n) is 4.78. The molecule has 1 saturated heterocycles. The quantitative estimate of drug-likeness (QED) is 0.814. The van der Waals surface area contributed by atoms with E-state index in [2.05, 4.69) is 6.92 Å². The maximum Gasteiger partial charge on any atom is 0.405 e. The highest BCUT2D eigenvalue weighted by Gasteiger charge is 2.47. The van der Waals surface area contributed by atoms with Crippen LogP contribution in [-0.2, 0) is 0 Å². The van der Waals surface area contributed by atoms with Gasteiger partial charge >= 0.3 is 6.18 Å². The molecule has 1 fully saturated rings. The van der Waals surface area contributed by atoms with Crippen LogP contribution in [0.15, 0.2) is 0 Å². The van der Waals surface area contributed by atoms with Crippen LogP contribution in [0, 0.1) is 5.92 Å². The van der Waals surface area contributed by atoms with Crippen LogP contribution in [0.3, 0.4) is 0 Å². The molecule has 0 aromatic carbocycles. The van der Waals surface area contributed by atoms with E-state index < -0.39 is 18.3 Å². The fourth-order valence-electron chi connectivity index (χ4n) is 2.60. The molecule has 2 nitrogen and oxygen atoms in total. The van der Waals surface area contributed by atoms with Crippen LogP contribution in [0.5, 0.6) is 0 Å². The summed E-state index contributed by atoms with van der Waals surface area (Å²) in [5, 5.41) is 0. The third kappa shape index (κ3) is 3.35. The average molecular weight is 238 g/mol. The molecule has 0 saturated carbocycles. The SMILES string of the molecule is CCCC1CCN(C(C(C)N)C(F)(F)F)C1. The normalized spacial score (nSPS) is 27.0. The molecule has 2 N–H and O–H groups in total. The molecule has 1 rings (SSSR count). The van der Waals surface area contributed by atoms with Gasteiger partial charge in [0.15, 0.2) is 0 Å². The van der Waals surface area contributed by atoms with Gasteiger partial charge in [-0.2, -0.15) is 13.2 Å². The first-order valence-electron chi connectivity index (χ1n) is 5.92. The van der Waals surface area contributed by atoms with Crippen LogP contribution in [-0.4, -0.2) is 36.2 Å². The molecule has 0 bridgehead atoms. The van der Waals surface area contributed by atoms with Crippen molar-refractivity contribution in [2.45, 2.75) is 51.4 Å². The summed E-state index contributed by atoms with van der Waals surface area (Å²) in [6, 6.07) is -2.34. The maximum absolute atomic E-state index is 12.8. The number of alkyl halides is 3. The Morgan fingerprint density at radius 1 is 1.44 bits per heavy atom. The van der Waals surface area contributed by atoms with Crippen LogP contribution >= 0.6 is 0 Å². The van der Waals surface area contributed by atoms with Crippen molar-refractivity contribution in [3.05, 3.63) is 0 Å². The summed E-state index contributed by atoms with van der Waals surface area (Å²) in [6.07, 6.45) is -1.30. The lowest BCUT2D eigenvalue weighted by Crippen LogP contribution is -2.54. The first-order valence-corrected chi connectivity index (χ1v) is 5.92. The molecule has 16 heavy (non-hydrogen) atoms. The Morgan fingerprint density at radius 3 is 2.50 bits per heavy atom. The summed E-state index contributed by atoms with van der Waals surface area (Å²) in [4.78, 5) is 1.50. The van der Waals surface area contributed by atoms with Crippen LogP contribution in [0.2, 0.25) is 0 Å². The van der Waals surface area contributed by atoms with Gasteiger partial charge in [0, 0.05) is 12.6 Å². The Hall–Kier alpha value is -0.290. The molecule has 0 aromatic heterocycles. The van der Waals surface area contributed by atoms with Gasteiger partial charge in [0.2, 0.25) is 0 Å². The third-order valence-corrected chi connectivity index (χ3v) is 3.24. The van der Waals surface area contributed by atoms with E-state index in [1.54, 1.807) is 0 Å². The predicted molar refractivity (Wildman–Crippen MR) is 58.1 cm³/mol. The van der Waals surface area contributed by atoms with Gasteiger partial charge in [-0.15, -0.1) is 0 Å². The Kier molecular flexibility index (Phi) is 4.62. The molecule has 0 amide bonds. The lowest BCUT2D eigenvalue weighted by atomic mass is 10.0. The highest BCUT2D eigenvalue weighted by atomic mass is 19.4. The van der Waals surface area contributed by atoms with Crippen molar-refractivity contribution in [2.24, 2.45) is 11.7 Å². The van der Waals surface area contributed by atoms with Crippen molar-refractivity contribution in [3.63, 3.8) is 0 Å². The molecule has 1 aliphatic heterocycles. The van der Waals surface area contributed by atoms with Gasteiger partial charge in [0.05, 0.1) is 0 Å². The number of hydrogen-bond acceptors (Lipinski definition) is 2. The van der Waals surface area contributed by atoms with Gasteiger partial charge in [-0.25, -0.2) is 0 Å². The van der Waals surface area contributed by atoms with Gasteiger partial charge in [-0.1, -0.05) is 13.3 Å². The molecule has 3 atom stereocenters. The minimum atomic E-state index is -4.21. The summed E-state index contributed by atoms with van der Waals surface area (Å²) in [7, 11) is 0.